The van der Waals surface area contributed by atoms with E-state index in [1.165, 1.54) is 11.3 Å². The summed E-state index contributed by atoms with van der Waals surface area (Å²) in [7, 11) is 0. The van der Waals surface area contributed by atoms with Crippen LogP contribution in [0.1, 0.15) is 49.3 Å². The van der Waals surface area contributed by atoms with Crippen molar-refractivity contribution in [1.29, 1.82) is 0 Å². The molecule has 0 bridgehead atoms. The van der Waals surface area contributed by atoms with Crippen molar-refractivity contribution in [1.82, 2.24) is 24.9 Å². The van der Waals surface area contributed by atoms with Crippen LogP contribution in [0.5, 0.6) is 0 Å². The Labute approximate surface area is 127 Å². The molecule has 0 aromatic carbocycles. The van der Waals surface area contributed by atoms with Gasteiger partial charge in [0.2, 0.25) is 0 Å². The summed E-state index contributed by atoms with van der Waals surface area (Å²) in [6.45, 7) is 12.2. The Morgan fingerprint density at radius 3 is 2.52 bits per heavy atom. The Morgan fingerprint density at radius 1 is 1.05 bits per heavy atom. The molecule has 0 atom stereocenters. The highest BCUT2D eigenvalue weighted by Crippen LogP contribution is 2.08. The predicted molar refractivity (Wildman–Crippen MR) is 85.1 cm³/mol. The summed E-state index contributed by atoms with van der Waals surface area (Å²) in [5, 5.41) is 12.6. The molecular formula is C16H27N5. The monoisotopic (exact) mass is 289 g/mol. The van der Waals surface area contributed by atoms with Gasteiger partial charge in [0, 0.05) is 37.9 Å². The molecule has 0 radical (unpaired) electrons. The van der Waals surface area contributed by atoms with E-state index in [0.717, 1.165) is 50.4 Å². The van der Waals surface area contributed by atoms with Gasteiger partial charge >= 0.3 is 0 Å². The van der Waals surface area contributed by atoms with Crippen molar-refractivity contribution in [2.45, 2.75) is 66.7 Å². The van der Waals surface area contributed by atoms with E-state index in [0.29, 0.717) is 0 Å². The van der Waals surface area contributed by atoms with Crippen molar-refractivity contribution in [3.8, 4) is 0 Å². The minimum absolute atomic E-state index is 0.846. The van der Waals surface area contributed by atoms with E-state index in [1.807, 2.05) is 4.68 Å². The lowest BCUT2D eigenvalue weighted by molar-refractivity contribution is 0.546. The molecule has 0 saturated carbocycles. The Kier molecular flexibility index (Phi) is 5.56. The molecule has 21 heavy (non-hydrogen) atoms. The lowest BCUT2D eigenvalue weighted by atomic mass is 10.2. The second-order valence-corrected chi connectivity index (χ2v) is 5.61. The summed E-state index contributed by atoms with van der Waals surface area (Å²) in [4.78, 5) is 0. The topological polar surface area (TPSA) is 47.7 Å². The van der Waals surface area contributed by atoms with E-state index >= 15 is 0 Å². The summed E-state index contributed by atoms with van der Waals surface area (Å²) >= 11 is 0. The predicted octanol–water partition coefficient (Wildman–Crippen LogP) is 2.81. The molecule has 116 valence electrons. The number of hydrogen-bond acceptors (Lipinski definition) is 3. The van der Waals surface area contributed by atoms with Crippen LogP contribution >= 0.6 is 0 Å². The summed E-state index contributed by atoms with van der Waals surface area (Å²) in [5.41, 5.74) is 4.75. The van der Waals surface area contributed by atoms with Crippen molar-refractivity contribution >= 4 is 0 Å². The first-order valence-electron chi connectivity index (χ1n) is 7.91. The average Bonchev–Trinajstić information content (AvgIpc) is 2.95. The van der Waals surface area contributed by atoms with Crippen LogP contribution in [0.2, 0.25) is 0 Å². The van der Waals surface area contributed by atoms with Crippen molar-refractivity contribution in [3.63, 3.8) is 0 Å². The van der Waals surface area contributed by atoms with Crippen LogP contribution in [0, 0.1) is 13.8 Å². The minimum Gasteiger partial charge on any atom is -0.307 e. The Bertz CT molecular complexity index is 567. The van der Waals surface area contributed by atoms with Gasteiger partial charge in [-0.25, -0.2) is 0 Å². The lowest BCUT2D eigenvalue weighted by Gasteiger charge is -2.07. The third-order valence-corrected chi connectivity index (χ3v) is 3.54. The molecule has 5 nitrogen and oxygen atoms in total. The van der Waals surface area contributed by atoms with Gasteiger partial charge in [0.15, 0.2) is 0 Å². The van der Waals surface area contributed by atoms with Crippen molar-refractivity contribution in [2.24, 2.45) is 0 Å². The highest BCUT2D eigenvalue weighted by atomic mass is 15.3. The normalized spacial score (nSPS) is 11.2. The molecule has 0 unspecified atom stereocenters. The van der Waals surface area contributed by atoms with Gasteiger partial charge < -0.3 is 5.32 Å². The van der Waals surface area contributed by atoms with Gasteiger partial charge in [0.25, 0.3) is 0 Å². The third kappa shape index (κ3) is 4.17. The molecule has 0 aliphatic carbocycles. The second-order valence-electron chi connectivity index (χ2n) is 5.61. The van der Waals surface area contributed by atoms with E-state index in [9.17, 15) is 0 Å². The molecule has 0 amide bonds. The molecule has 2 heterocycles. The summed E-state index contributed by atoms with van der Waals surface area (Å²) in [6, 6.07) is 2.16. The molecule has 2 aromatic heterocycles. The minimum atomic E-state index is 0.846. The van der Waals surface area contributed by atoms with Gasteiger partial charge in [-0.05, 0) is 32.8 Å². The molecular weight excluding hydrogens is 262 g/mol. The van der Waals surface area contributed by atoms with Gasteiger partial charge in [-0.1, -0.05) is 13.8 Å². The number of aromatic nitrogens is 4. The maximum absolute atomic E-state index is 4.54. The van der Waals surface area contributed by atoms with Crippen molar-refractivity contribution in [3.05, 3.63) is 34.9 Å². The first kappa shape index (κ1) is 15.8. The molecule has 2 rings (SSSR count). The molecule has 5 heteroatoms. The van der Waals surface area contributed by atoms with E-state index in [2.05, 4.69) is 60.2 Å². The number of nitrogens with one attached hydrogen (secondary N) is 1. The van der Waals surface area contributed by atoms with E-state index < -0.39 is 0 Å². The zero-order valence-electron chi connectivity index (χ0n) is 13.7. The van der Waals surface area contributed by atoms with E-state index in [1.54, 1.807) is 0 Å². The van der Waals surface area contributed by atoms with Gasteiger partial charge in [-0.3, -0.25) is 9.36 Å². The van der Waals surface area contributed by atoms with Crippen LogP contribution in [-0.2, 0) is 26.2 Å². The lowest BCUT2D eigenvalue weighted by Crippen LogP contribution is -2.16. The summed E-state index contributed by atoms with van der Waals surface area (Å²) in [6.07, 6.45) is 4.38. The van der Waals surface area contributed by atoms with Crippen molar-refractivity contribution < 1.29 is 0 Å². The van der Waals surface area contributed by atoms with Crippen LogP contribution in [-0.4, -0.2) is 19.6 Å². The Balaban J connectivity index is 1.92. The molecule has 0 aliphatic rings. The zero-order chi connectivity index (χ0) is 15.2. The largest absolute Gasteiger partial charge is 0.307 e. The molecule has 0 fully saturated rings. The van der Waals surface area contributed by atoms with Gasteiger partial charge in [0.1, 0.15) is 0 Å². The molecule has 0 spiro atoms. The average molecular weight is 289 g/mol. The fourth-order valence-electron chi connectivity index (χ4n) is 2.55. The summed E-state index contributed by atoms with van der Waals surface area (Å²) < 4.78 is 4.15. The van der Waals surface area contributed by atoms with Crippen LogP contribution in [0.4, 0.5) is 0 Å². The first-order chi connectivity index (χ1) is 10.1. The smallest absolute Gasteiger partial charge is 0.0638 e. The van der Waals surface area contributed by atoms with E-state index in [-0.39, 0.29) is 0 Å². The SMILES string of the molecule is CCCn1cc(CNCc2cc(C)nn2CCC)c(C)n1. The Hall–Kier alpha value is -1.62. The van der Waals surface area contributed by atoms with Crippen LogP contribution in [0.15, 0.2) is 12.3 Å². The number of rotatable bonds is 8. The number of nitrogens with zero attached hydrogens (tertiary/aromatic N) is 4. The standard InChI is InChI=1S/C16H27N5/c1-5-7-20-12-15(14(4)19-20)10-17-11-16-9-13(3)18-21(16)8-6-2/h9,12,17H,5-8,10-11H2,1-4H3. The summed E-state index contributed by atoms with van der Waals surface area (Å²) in [5.74, 6) is 0. The maximum Gasteiger partial charge on any atom is 0.0638 e. The van der Waals surface area contributed by atoms with Crippen LogP contribution in [0.25, 0.3) is 0 Å². The molecule has 1 N–H and O–H groups in total. The maximum atomic E-state index is 4.54. The quantitative estimate of drug-likeness (QED) is 0.813. The van der Waals surface area contributed by atoms with Gasteiger partial charge in [-0.2, -0.15) is 10.2 Å². The van der Waals surface area contributed by atoms with Crippen LogP contribution in [0.3, 0.4) is 0 Å². The highest BCUT2D eigenvalue weighted by molar-refractivity contribution is 5.15. The van der Waals surface area contributed by atoms with Gasteiger partial charge in [-0.15, -0.1) is 0 Å². The molecule has 2 aromatic rings. The molecule has 0 saturated heterocycles. The second kappa shape index (κ2) is 7.41. The fraction of sp³-hybridized carbons (Fsp3) is 0.625. The number of hydrogen-bond donors (Lipinski definition) is 1. The fourth-order valence-corrected chi connectivity index (χ4v) is 2.55. The third-order valence-electron chi connectivity index (χ3n) is 3.54. The van der Waals surface area contributed by atoms with E-state index in [4.69, 9.17) is 0 Å². The Morgan fingerprint density at radius 2 is 1.81 bits per heavy atom. The highest BCUT2D eigenvalue weighted by Gasteiger charge is 2.07. The first-order valence-corrected chi connectivity index (χ1v) is 7.91. The van der Waals surface area contributed by atoms with Crippen molar-refractivity contribution in [2.75, 3.05) is 0 Å². The van der Waals surface area contributed by atoms with Crippen LogP contribution < -0.4 is 5.32 Å². The zero-order valence-corrected chi connectivity index (χ0v) is 13.7. The number of aryl methyl sites for hydroxylation is 4. The molecule has 0 aliphatic heterocycles. The van der Waals surface area contributed by atoms with Gasteiger partial charge in [0.05, 0.1) is 17.1 Å².